The summed E-state index contributed by atoms with van der Waals surface area (Å²) in [5.74, 6) is 0. The van der Waals surface area contributed by atoms with Gasteiger partial charge in [0.2, 0.25) is 5.24 Å². The molecule has 13 heavy (non-hydrogen) atoms. The van der Waals surface area contributed by atoms with Gasteiger partial charge in [0.1, 0.15) is 0 Å². The predicted molar refractivity (Wildman–Crippen MR) is 55.6 cm³/mol. The van der Waals surface area contributed by atoms with Gasteiger partial charge < -0.3 is 0 Å². The Kier molecular flexibility index (Phi) is 2.49. The highest BCUT2D eigenvalue weighted by molar-refractivity contribution is 6.68. The van der Waals surface area contributed by atoms with Crippen LogP contribution >= 0.6 is 11.6 Å². The number of carbonyl (C=O) groups excluding carboxylic acids is 1. The van der Waals surface area contributed by atoms with E-state index in [9.17, 15) is 4.79 Å². The van der Waals surface area contributed by atoms with E-state index in [0.717, 1.165) is 11.1 Å². The molecule has 0 saturated carbocycles. The van der Waals surface area contributed by atoms with Gasteiger partial charge in [0.05, 0.1) is 0 Å². The van der Waals surface area contributed by atoms with E-state index in [1.807, 2.05) is 26.8 Å². The first kappa shape index (κ1) is 10.3. The van der Waals surface area contributed by atoms with Crippen LogP contribution in [-0.4, -0.2) is 5.24 Å². The number of allylic oxidation sites excluding steroid dienone is 5. The predicted octanol–water partition coefficient (Wildman–Crippen LogP) is 3.22. The van der Waals surface area contributed by atoms with E-state index in [0.29, 0.717) is 5.57 Å². The second-order valence-electron chi connectivity index (χ2n) is 3.84. The van der Waals surface area contributed by atoms with Crippen molar-refractivity contribution in [2.75, 3.05) is 0 Å². The Hall–Kier alpha value is -0.820. The molecule has 1 nitrogen and oxygen atoms in total. The molecule has 0 unspecified atom stereocenters. The number of hydrogen-bond acceptors (Lipinski definition) is 1. The lowest BCUT2D eigenvalue weighted by Crippen LogP contribution is -2.18. The molecule has 0 saturated heterocycles. The largest absolute Gasteiger partial charge is 0.276 e. The van der Waals surface area contributed by atoms with Crippen LogP contribution in [0, 0.1) is 5.41 Å². The molecule has 0 amide bonds. The summed E-state index contributed by atoms with van der Waals surface area (Å²) in [4.78, 5) is 11.1. The van der Waals surface area contributed by atoms with Crippen LogP contribution in [0.3, 0.4) is 0 Å². The minimum absolute atomic E-state index is 0.287. The van der Waals surface area contributed by atoms with Gasteiger partial charge in [-0.3, -0.25) is 4.79 Å². The summed E-state index contributed by atoms with van der Waals surface area (Å²) in [6, 6.07) is 0. The van der Waals surface area contributed by atoms with Crippen molar-refractivity contribution >= 4 is 16.8 Å². The maximum absolute atomic E-state index is 11.1. The van der Waals surface area contributed by atoms with Gasteiger partial charge in [-0.2, -0.15) is 0 Å². The normalized spacial score (nSPS) is 19.4. The molecule has 1 rings (SSSR count). The van der Waals surface area contributed by atoms with E-state index >= 15 is 0 Å². The molecular weight excluding hydrogens is 184 g/mol. The van der Waals surface area contributed by atoms with Crippen LogP contribution in [0.4, 0.5) is 0 Å². The quantitative estimate of drug-likeness (QED) is 0.620. The highest BCUT2D eigenvalue weighted by Gasteiger charge is 2.34. The molecule has 0 fully saturated rings. The molecule has 0 N–H and O–H groups in total. The SMILES string of the molecule is C=C(C)C1=CC=C(C(=O)Cl)C1(C)C. The molecule has 0 aromatic heterocycles. The van der Waals surface area contributed by atoms with Gasteiger partial charge in [-0.05, 0) is 24.1 Å². The van der Waals surface area contributed by atoms with Gasteiger partial charge in [0, 0.05) is 11.0 Å². The maximum Gasteiger partial charge on any atom is 0.249 e. The Morgan fingerprint density at radius 3 is 2.08 bits per heavy atom. The number of hydrogen-bond donors (Lipinski definition) is 0. The molecule has 1 aliphatic rings. The fourth-order valence-corrected chi connectivity index (χ4v) is 2.01. The smallest absolute Gasteiger partial charge is 0.249 e. The van der Waals surface area contributed by atoms with E-state index in [1.165, 1.54) is 0 Å². The maximum atomic E-state index is 11.1. The minimum Gasteiger partial charge on any atom is -0.276 e. The fourth-order valence-electron chi connectivity index (χ4n) is 1.72. The summed E-state index contributed by atoms with van der Waals surface area (Å²) in [6.07, 6.45) is 3.69. The van der Waals surface area contributed by atoms with E-state index < -0.39 is 0 Å². The summed E-state index contributed by atoms with van der Waals surface area (Å²) in [5.41, 5.74) is 2.42. The molecule has 0 atom stereocenters. The lowest BCUT2D eigenvalue weighted by atomic mass is 9.79. The van der Waals surface area contributed by atoms with Crippen LogP contribution in [0.1, 0.15) is 20.8 Å². The summed E-state index contributed by atoms with van der Waals surface area (Å²) in [7, 11) is 0. The molecule has 1 aliphatic carbocycles. The molecule has 0 aromatic rings. The molecule has 70 valence electrons. The molecule has 0 aliphatic heterocycles. The lowest BCUT2D eigenvalue weighted by molar-refractivity contribution is -0.109. The Morgan fingerprint density at radius 1 is 1.38 bits per heavy atom. The molecule has 0 radical (unpaired) electrons. The van der Waals surface area contributed by atoms with Crippen molar-refractivity contribution in [2.24, 2.45) is 5.41 Å². The zero-order chi connectivity index (χ0) is 10.2. The van der Waals surface area contributed by atoms with Crippen LogP contribution in [-0.2, 0) is 4.79 Å². The monoisotopic (exact) mass is 196 g/mol. The van der Waals surface area contributed by atoms with Crippen molar-refractivity contribution in [3.63, 3.8) is 0 Å². The summed E-state index contributed by atoms with van der Waals surface area (Å²) < 4.78 is 0. The van der Waals surface area contributed by atoms with Crippen molar-refractivity contribution in [2.45, 2.75) is 20.8 Å². The Balaban J connectivity index is 3.07. The summed E-state index contributed by atoms with van der Waals surface area (Å²) in [5, 5.41) is -0.377. The molecule has 2 heteroatoms. The van der Waals surface area contributed by atoms with Crippen LogP contribution in [0.5, 0.6) is 0 Å². The van der Waals surface area contributed by atoms with Gasteiger partial charge in [-0.15, -0.1) is 0 Å². The topological polar surface area (TPSA) is 17.1 Å². The Morgan fingerprint density at radius 2 is 1.85 bits per heavy atom. The zero-order valence-corrected chi connectivity index (χ0v) is 8.90. The van der Waals surface area contributed by atoms with Gasteiger partial charge >= 0.3 is 0 Å². The first-order valence-corrected chi connectivity index (χ1v) is 4.54. The van der Waals surface area contributed by atoms with Gasteiger partial charge in [0.15, 0.2) is 0 Å². The first-order valence-electron chi connectivity index (χ1n) is 4.16. The third-order valence-electron chi connectivity index (χ3n) is 2.43. The van der Waals surface area contributed by atoms with Crippen LogP contribution < -0.4 is 0 Å². The molecular formula is C11H13ClO. The second kappa shape index (κ2) is 3.15. The van der Waals surface area contributed by atoms with E-state index in [2.05, 4.69) is 6.58 Å². The second-order valence-corrected chi connectivity index (χ2v) is 4.18. The first-order chi connectivity index (χ1) is 5.87. The van der Waals surface area contributed by atoms with Gasteiger partial charge in [-0.1, -0.05) is 38.2 Å². The summed E-state index contributed by atoms with van der Waals surface area (Å²) in [6.45, 7) is 9.76. The molecule has 0 heterocycles. The van der Waals surface area contributed by atoms with Crippen molar-refractivity contribution in [1.29, 1.82) is 0 Å². The Bertz CT molecular complexity index is 300. The van der Waals surface area contributed by atoms with Crippen molar-refractivity contribution in [1.82, 2.24) is 0 Å². The number of carbonyl (C=O) groups is 1. The van der Waals surface area contributed by atoms with Crippen molar-refractivity contribution in [3.8, 4) is 0 Å². The molecule has 0 spiro atoms. The zero-order valence-electron chi connectivity index (χ0n) is 8.15. The van der Waals surface area contributed by atoms with Gasteiger partial charge in [0.25, 0.3) is 0 Å². The lowest BCUT2D eigenvalue weighted by Gasteiger charge is -2.25. The van der Waals surface area contributed by atoms with E-state index in [4.69, 9.17) is 11.6 Å². The van der Waals surface area contributed by atoms with Crippen LogP contribution in [0.25, 0.3) is 0 Å². The average Bonchev–Trinajstić information content (AvgIpc) is 2.24. The Labute approximate surface area is 83.8 Å². The highest BCUT2D eigenvalue weighted by Crippen LogP contribution is 2.43. The summed E-state index contributed by atoms with van der Waals surface area (Å²) >= 11 is 5.47. The average molecular weight is 197 g/mol. The van der Waals surface area contributed by atoms with Gasteiger partial charge in [-0.25, -0.2) is 0 Å². The van der Waals surface area contributed by atoms with Crippen LogP contribution in [0.2, 0.25) is 0 Å². The van der Waals surface area contributed by atoms with Crippen LogP contribution in [0.15, 0.2) is 35.5 Å². The number of rotatable bonds is 2. The molecule has 0 aromatic carbocycles. The number of halogens is 1. The highest BCUT2D eigenvalue weighted by atomic mass is 35.5. The fraction of sp³-hybridized carbons (Fsp3) is 0.364. The van der Waals surface area contributed by atoms with E-state index in [-0.39, 0.29) is 10.7 Å². The third-order valence-corrected chi connectivity index (χ3v) is 2.64. The van der Waals surface area contributed by atoms with Crippen molar-refractivity contribution in [3.05, 3.63) is 35.5 Å². The van der Waals surface area contributed by atoms with E-state index in [1.54, 1.807) is 6.08 Å². The van der Waals surface area contributed by atoms with Crippen molar-refractivity contribution < 1.29 is 4.79 Å². The standard InChI is InChI=1S/C11H13ClO/c1-7(2)8-5-6-9(10(12)13)11(8,3)4/h5-6H,1H2,2-4H3. The molecule has 0 bridgehead atoms. The third kappa shape index (κ3) is 1.61. The minimum atomic E-state index is -0.377.